The molecule has 0 atom stereocenters. The first kappa shape index (κ1) is 40.9. The summed E-state index contributed by atoms with van der Waals surface area (Å²) in [5, 5.41) is 4.88. The third-order valence-electron chi connectivity index (χ3n) is 13.6. The Balaban J connectivity index is 0.973. The lowest BCUT2D eigenvalue weighted by atomic mass is 9.99. The van der Waals surface area contributed by atoms with Crippen molar-refractivity contribution in [2.75, 3.05) is 9.80 Å². The highest BCUT2D eigenvalue weighted by atomic mass is 15.1. The Bertz CT molecular complexity index is 3890. The second-order valence-electron chi connectivity index (χ2n) is 17.8. The molecule has 13 aromatic rings. The van der Waals surface area contributed by atoms with Crippen LogP contribution in [0.2, 0.25) is 0 Å². The maximum absolute atomic E-state index is 2.44. The van der Waals surface area contributed by atoms with Crippen LogP contribution >= 0.6 is 0 Å². The lowest BCUT2D eigenvalue weighted by molar-refractivity contribution is 1.17. The van der Waals surface area contributed by atoms with Crippen molar-refractivity contribution in [2.45, 2.75) is 0 Å². The number of benzene rings is 11. The van der Waals surface area contributed by atoms with Gasteiger partial charge >= 0.3 is 0 Å². The van der Waals surface area contributed by atoms with Crippen LogP contribution in [0.5, 0.6) is 0 Å². The van der Waals surface area contributed by atoms with Crippen LogP contribution in [0.25, 0.3) is 77.2 Å². The van der Waals surface area contributed by atoms with Gasteiger partial charge in [0.15, 0.2) is 0 Å². The van der Waals surface area contributed by atoms with Crippen LogP contribution in [0.3, 0.4) is 0 Å². The van der Waals surface area contributed by atoms with E-state index in [4.69, 9.17) is 0 Å². The Morgan fingerprint density at radius 2 is 0.529 bits per heavy atom. The molecule has 13 rings (SSSR count). The molecule has 2 heterocycles. The number of hydrogen-bond donors (Lipinski definition) is 0. The highest BCUT2D eigenvalue weighted by molar-refractivity contribution is 6.13. The van der Waals surface area contributed by atoms with E-state index in [1.807, 2.05) is 0 Å². The minimum atomic E-state index is 1.08. The molecule has 70 heavy (non-hydrogen) atoms. The third-order valence-corrected chi connectivity index (χ3v) is 13.6. The molecule has 0 bridgehead atoms. The molecule has 11 aromatic carbocycles. The van der Waals surface area contributed by atoms with Crippen LogP contribution in [0.1, 0.15) is 0 Å². The Labute approximate surface area is 407 Å². The summed E-state index contributed by atoms with van der Waals surface area (Å²) in [6, 6.07) is 101. The molecule has 4 heteroatoms. The van der Waals surface area contributed by atoms with Gasteiger partial charge in [0.25, 0.3) is 0 Å². The first-order chi connectivity index (χ1) is 34.7. The highest BCUT2D eigenvalue weighted by Crippen LogP contribution is 2.42. The number of para-hydroxylation sites is 6. The van der Waals surface area contributed by atoms with Gasteiger partial charge in [0.05, 0.1) is 22.1 Å². The van der Waals surface area contributed by atoms with Gasteiger partial charge in [-0.05, 0) is 156 Å². The molecule has 0 aliphatic carbocycles. The van der Waals surface area contributed by atoms with Crippen LogP contribution in [0.4, 0.5) is 34.1 Å². The van der Waals surface area contributed by atoms with Crippen molar-refractivity contribution in [3.05, 3.63) is 279 Å². The van der Waals surface area contributed by atoms with Crippen molar-refractivity contribution in [3.63, 3.8) is 0 Å². The number of fused-ring (bicyclic) bond motifs is 6. The van der Waals surface area contributed by atoms with Crippen molar-refractivity contribution in [3.8, 4) is 33.6 Å². The summed E-state index contributed by atoms with van der Waals surface area (Å²) in [7, 11) is 0. The predicted molar refractivity (Wildman–Crippen MR) is 295 cm³/mol. The predicted octanol–water partition coefficient (Wildman–Crippen LogP) is 18.2. The molecule has 0 fully saturated rings. The van der Waals surface area contributed by atoms with E-state index in [9.17, 15) is 0 Å². The van der Waals surface area contributed by atoms with E-state index in [2.05, 4.69) is 298 Å². The lowest BCUT2D eigenvalue weighted by Gasteiger charge is -2.26. The fourth-order valence-electron chi connectivity index (χ4n) is 10.4. The van der Waals surface area contributed by atoms with E-state index in [0.717, 1.165) is 67.7 Å². The average molecular weight is 895 g/mol. The minimum absolute atomic E-state index is 1.08. The molecule has 4 nitrogen and oxygen atoms in total. The van der Waals surface area contributed by atoms with Gasteiger partial charge < -0.3 is 18.9 Å². The van der Waals surface area contributed by atoms with Gasteiger partial charge in [-0.15, -0.1) is 0 Å². The molecule has 0 N–H and O–H groups in total. The monoisotopic (exact) mass is 894 g/mol. The SMILES string of the molecule is c1ccc(N(c2ccccc2)c2ccc(-c3ccc4c(c3)c3cc(-c5ccc6c(c5)c5ccccc5n6-c5ccccc5)ccc3n4-c3cccc(N(c4ccccc4)c4ccccc4)c3)cc2)cc1. The van der Waals surface area contributed by atoms with Gasteiger partial charge in [-0.1, -0.05) is 146 Å². The fourth-order valence-corrected chi connectivity index (χ4v) is 10.4. The molecule has 0 radical (unpaired) electrons. The molecule has 0 saturated heterocycles. The molecule has 0 aliphatic heterocycles. The van der Waals surface area contributed by atoms with Gasteiger partial charge in [-0.25, -0.2) is 0 Å². The summed E-state index contributed by atoms with van der Waals surface area (Å²) >= 11 is 0. The summed E-state index contributed by atoms with van der Waals surface area (Å²) in [6.07, 6.45) is 0. The van der Waals surface area contributed by atoms with Gasteiger partial charge in [0.2, 0.25) is 0 Å². The second kappa shape index (κ2) is 17.4. The number of anilines is 6. The summed E-state index contributed by atoms with van der Waals surface area (Å²) in [5.41, 5.74) is 18.3. The van der Waals surface area contributed by atoms with E-state index in [1.165, 1.54) is 43.7 Å². The zero-order chi connectivity index (χ0) is 46.4. The molecule has 2 aromatic heterocycles. The van der Waals surface area contributed by atoms with Crippen LogP contribution in [0, 0.1) is 0 Å². The van der Waals surface area contributed by atoms with Crippen LogP contribution in [-0.4, -0.2) is 9.13 Å². The van der Waals surface area contributed by atoms with E-state index >= 15 is 0 Å². The van der Waals surface area contributed by atoms with Crippen LogP contribution in [-0.2, 0) is 0 Å². The first-order valence-electron chi connectivity index (χ1n) is 23.9. The van der Waals surface area contributed by atoms with Crippen LogP contribution in [0.15, 0.2) is 279 Å². The standard InChI is InChI=1S/C66H46N4/c1-6-19-51(20-7-1)67(52-21-8-2-9-22-52)56-38-33-47(34-39-56)48-35-40-65-61(43-48)62-45-50(49-36-41-64-60(44-49)59-31-16-17-32-63(59)69(64)55-27-14-5-15-28-55)37-42-66(62)70(65)58-30-18-29-57(46-58)68(53-23-10-3-11-24-53)54-25-12-4-13-26-54/h1-46H. The van der Waals surface area contributed by atoms with Gasteiger partial charge in [0.1, 0.15) is 0 Å². The zero-order valence-electron chi connectivity index (χ0n) is 38.3. The molecule has 0 unspecified atom stereocenters. The largest absolute Gasteiger partial charge is 0.311 e. The lowest BCUT2D eigenvalue weighted by Crippen LogP contribution is -2.10. The van der Waals surface area contributed by atoms with Gasteiger partial charge in [0, 0.05) is 67.0 Å². The molecule has 0 aliphatic rings. The van der Waals surface area contributed by atoms with Gasteiger partial charge in [-0.2, -0.15) is 0 Å². The Kier molecular flexibility index (Phi) is 10.1. The summed E-state index contributed by atoms with van der Waals surface area (Å²) < 4.78 is 4.82. The molecule has 330 valence electrons. The first-order valence-corrected chi connectivity index (χ1v) is 23.9. The summed E-state index contributed by atoms with van der Waals surface area (Å²) in [4.78, 5) is 4.64. The Hall–Kier alpha value is -9.38. The van der Waals surface area contributed by atoms with Crippen molar-refractivity contribution in [1.82, 2.24) is 9.13 Å². The number of rotatable bonds is 10. The number of aromatic nitrogens is 2. The maximum Gasteiger partial charge on any atom is 0.0541 e. The minimum Gasteiger partial charge on any atom is -0.311 e. The molecular formula is C66H46N4. The van der Waals surface area contributed by atoms with E-state index < -0.39 is 0 Å². The number of nitrogens with zero attached hydrogens (tertiary/aromatic N) is 4. The Morgan fingerprint density at radius 3 is 1.03 bits per heavy atom. The van der Waals surface area contributed by atoms with E-state index in [0.29, 0.717) is 0 Å². The van der Waals surface area contributed by atoms with Crippen LogP contribution < -0.4 is 9.80 Å². The maximum atomic E-state index is 2.44. The molecular weight excluding hydrogens is 849 g/mol. The van der Waals surface area contributed by atoms with Crippen molar-refractivity contribution in [1.29, 1.82) is 0 Å². The van der Waals surface area contributed by atoms with E-state index in [-0.39, 0.29) is 0 Å². The molecule has 0 amide bonds. The molecule has 0 spiro atoms. The quantitative estimate of drug-likeness (QED) is 0.136. The zero-order valence-corrected chi connectivity index (χ0v) is 38.3. The summed E-state index contributed by atoms with van der Waals surface area (Å²) in [5.74, 6) is 0. The summed E-state index contributed by atoms with van der Waals surface area (Å²) in [6.45, 7) is 0. The molecule has 0 saturated carbocycles. The normalized spacial score (nSPS) is 11.4. The Morgan fingerprint density at radius 1 is 0.200 bits per heavy atom. The van der Waals surface area contributed by atoms with Gasteiger partial charge in [-0.3, -0.25) is 0 Å². The highest BCUT2D eigenvalue weighted by Gasteiger charge is 2.20. The smallest absolute Gasteiger partial charge is 0.0541 e. The third kappa shape index (κ3) is 7.18. The topological polar surface area (TPSA) is 16.3 Å². The number of hydrogen-bond acceptors (Lipinski definition) is 2. The van der Waals surface area contributed by atoms with Crippen molar-refractivity contribution >= 4 is 77.7 Å². The van der Waals surface area contributed by atoms with Crippen molar-refractivity contribution in [2.24, 2.45) is 0 Å². The average Bonchev–Trinajstić information content (AvgIpc) is 3.94. The van der Waals surface area contributed by atoms with E-state index in [1.54, 1.807) is 0 Å². The van der Waals surface area contributed by atoms with Crippen molar-refractivity contribution < 1.29 is 0 Å². The second-order valence-corrected chi connectivity index (χ2v) is 17.8. The fraction of sp³-hybridized carbons (Fsp3) is 0.